The summed E-state index contributed by atoms with van der Waals surface area (Å²) < 4.78 is 66.7. The first-order valence-corrected chi connectivity index (χ1v) is 38.8. The Balaban J connectivity index is 0.000000405. The van der Waals surface area contributed by atoms with Crippen molar-refractivity contribution in [3.63, 3.8) is 0 Å². The van der Waals surface area contributed by atoms with Gasteiger partial charge in [0.15, 0.2) is 37.7 Å². The second kappa shape index (κ2) is 52.3. The number of aliphatic hydroxyl groups excluding tert-OH is 20. The molecule has 0 saturated carbocycles. The summed E-state index contributed by atoms with van der Waals surface area (Å²) in [4.78, 5) is 60.3. The molecule has 42 nitrogen and oxygen atoms in total. The molecule has 6 heterocycles. The Hall–Kier alpha value is -3.61. The maximum absolute atomic E-state index is 12.5. The van der Waals surface area contributed by atoms with Crippen LogP contribution in [-0.4, -0.2) is 394 Å². The average Bonchev–Trinajstić information content (AvgIpc) is 0.795. The van der Waals surface area contributed by atoms with Crippen LogP contribution in [0.5, 0.6) is 0 Å². The lowest BCUT2D eigenvalue weighted by atomic mass is 9.96. The molecule has 0 aliphatic carbocycles. The molecule has 0 spiro atoms. The second-order valence-corrected chi connectivity index (χ2v) is 28.8. The maximum atomic E-state index is 12.5. The Morgan fingerprint density at radius 3 is 1.09 bits per heavy atom. The summed E-state index contributed by atoms with van der Waals surface area (Å²) in [6.07, 6.45) is -35.5. The zero-order valence-corrected chi connectivity index (χ0v) is 63.5. The topological polar surface area (TPSA) is 675 Å². The quantitative estimate of drug-likeness (QED) is 0.0199. The largest absolute Gasteiger partial charge is 0.394 e. The van der Waals surface area contributed by atoms with E-state index in [0.717, 1.165) is 77.0 Å². The summed E-state index contributed by atoms with van der Waals surface area (Å²) >= 11 is 0. The molecule has 6 aliphatic heterocycles. The molecule has 0 aromatic heterocycles. The fraction of sp³-hybridized carbons (Fsp3) is 0.929. The zero-order chi connectivity index (χ0) is 82.7. The summed E-state index contributed by atoms with van der Waals surface area (Å²) in [6, 6.07) is -0.445. The summed E-state index contributed by atoms with van der Waals surface area (Å²) in [6.45, 7) is 0.0404. The Morgan fingerprint density at radius 1 is 0.357 bits per heavy atom. The predicted molar refractivity (Wildman–Crippen MR) is 378 cm³/mol. The number of carbonyl (C=O) groups is 5. The van der Waals surface area contributed by atoms with Crippen LogP contribution in [0.3, 0.4) is 0 Å². The number of aliphatic hydroxyl groups is 20. The van der Waals surface area contributed by atoms with E-state index < -0.39 is 230 Å². The number of hydrogen-bond donors (Lipinski definition) is 25. The van der Waals surface area contributed by atoms with Gasteiger partial charge < -0.3 is 175 Å². The van der Waals surface area contributed by atoms with Crippen LogP contribution >= 0.6 is 0 Å². The van der Waals surface area contributed by atoms with Crippen molar-refractivity contribution in [2.45, 2.75) is 339 Å². The highest BCUT2D eigenvalue weighted by molar-refractivity contribution is 5.82. The highest BCUT2D eigenvalue weighted by atomic mass is 16.8. The van der Waals surface area contributed by atoms with Gasteiger partial charge in [-0.1, -0.05) is 57.8 Å². The normalized spacial score (nSPS) is 36.6. The molecule has 42 heteroatoms. The van der Waals surface area contributed by atoms with E-state index in [-0.39, 0.29) is 68.3 Å². The standard InChI is InChI=1S/C37H68N4O19.C33H59NO18/c1-19(44)20(10-8-9-13-38)40-41-25(46)12-7-5-3-2-4-6-11-24(45)39-14-15-55-36-33(54)34(60-37-32(53)30(51)27(48)22(17-43)58-37)28(49)23(59-36)18-56-35-31(52)29(50)26(47)21(16-42)57-35;1-2-34-21(38)12-8-6-4-3-5-7-10-17(37)11-9-13-47-32-29(46)30(52-33-28(45)26(43)23(40)19(15-36)50-33)24(41)20(51-32)16-48-31-27(44)25(42)22(39)18(14-35)49-31/h20-23,26-37,40,42-43,47-54H,2-18,38H2,1H3,(H,39,45)(H,41,46);18-20,22-33,35-36,39-46H,2-16H2,1H3,(H,34,38)/t20-,21+,22+,23+,26+,27+,28+,29-,30-,31-,32-,33-,34-,35-,36-,37+;18-,19-,20-,22-,23-,24-,25+,26+,27+,28+,29+,30+,31+,32+,33-/m01/s1. The van der Waals surface area contributed by atoms with Gasteiger partial charge in [-0.3, -0.25) is 29.4 Å². The summed E-state index contributed by atoms with van der Waals surface area (Å²) in [5.41, 5.74) is 10.9. The number of ketones is 2. The molecule has 0 bridgehead atoms. The van der Waals surface area contributed by atoms with Crippen molar-refractivity contribution in [2.75, 3.05) is 72.5 Å². The van der Waals surface area contributed by atoms with E-state index in [4.69, 9.17) is 62.6 Å². The molecule has 0 radical (unpaired) electrons. The van der Waals surface area contributed by atoms with Crippen molar-refractivity contribution < 1.29 is 183 Å². The van der Waals surface area contributed by atoms with Gasteiger partial charge in [0.2, 0.25) is 17.7 Å². The number of unbranched alkanes of at least 4 members (excludes halogenated alkanes) is 11. The number of amides is 3. The third-order valence-electron chi connectivity index (χ3n) is 20.1. The van der Waals surface area contributed by atoms with E-state index in [2.05, 4.69) is 21.5 Å². The molecule has 6 saturated heterocycles. The third-order valence-corrected chi connectivity index (χ3v) is 20.1. The third kappa shape index (κ3) is 31.0. The lowest BCUT2D eigenvalue weighted by molar-refractivity contribution is -0.366. The molecule has 6 fully saturated rings. The van der Waals surface area contributed by atoms with Gasteiger partial charge in [0, 0.05) is 45.2 Å². The summed E-state index contributed by atoms with van der Waals surface area (Å²) in [5.74, 6) is -0.425. The highest BCUT2D eigenvalue weighted by Gasteiger charge is 2.55. The van der Waals surface area contributed by atoms with Gasteiger partial charge in [-0.2, -0.15) is 0 Å². The van der Waals surface area contributed by atoms with E-state index in [9.17, 15) is 126 Å². The van der Waals surface area contributed by atoms with E-state index in [1.165, 1.54) is 6.92 Å². The van der Waals surface area contributed by atoms with E-state index in [1.807, 2.05) is 6.92 Å². The smallest absolute Gasteiger partial charge is 0.234 e. The molecule has 0 aromatic rings. The molecule has 26 N–H and O–H groups in total. The fourth-order valence-electron chi connectivity index (χ4n) is 13.2. The van der Waals surface area contributed by atoms with Crippen LogP contribution in [-0.2, 0) is 80.8 Å². The number of hydrogen-bond acceptors (Lipinski definition) is 39. The van der Waals surface area contributed by atoms with Crippen molar-refractivity contribution in [1.82, 2.24) is 21.5 Å². The van der Waals surface area contributed by atoms with Crippen molar-refractivity contribution >= 4 is 29.3 Å². The molecule has 6 aliphatic rings. The molecule has 112 heavy (non-hydrogen) atoms. The predicted octanol–water partition coefficient (Wildman–Crippen LogP) is -9.55. The highest BCUT2D eigenvalue weighted by Crippen LogP contribution is 2.34. The van der Waals surface area contributed by atoms with E-state index in [0.29, 0.717) is 51.6 Å². The maximum Gasteiger partial charge on any atom is 0.234 e. The van der Waals surface area contributed by atoms with Gasteiger partial charge in [0.05, 0.1) is 58.9 Å². The fourth-order valence-corrected chi connectivity index (χ4v) is 13.2. The Kier molecular flexibility index (Phi) is 46.2. The summed E-state index contributed by atoms with van der Waals surface area (Å²) in [7, 11) is 0. The van der Waals surface area contributed by atoms with Crippen LogP contribution in [0.25, 0.3) is 0 Å². The molecule has 0 unspecified atom stereocenters. The van der Waals surface area contributed by atoms with Crippen LogP contribution in [0, 0.1) is 0 Å². The molecule has 31 atom stereocenters. The number of nitrogens with two attached hydrogens (primary N) is 1. The van der Waals surface area contributed by atoms with Crippen LogP contribution in [0.4, 0.5) is 0 Å². The lowest BCUT2D eigenvalue weighted by Crippen LogP contribution is -2.65. The van der Waals surface area contributed by atoms with Crippen LogP contribution < -0.4 is 27.2 Å². The van der Waals surface area contributed by atoms with E-state index in [1.54, 1.807) is 0 Å². The molecular weight excluding hydrogens is 1500 g/mol. The van der Waals surface area contributed by atoms with Crippen molar-refractivity contribution in [3.8, 4) is 0 Å². The minimum absolute atomic E-state index is 0.0178. The molecule has 0 aromatic carbocycles. The summed E-state index contributed by atoms with van der Waals surface area (Å²) in [5, 5.41) is 211. The number of nitrogens with one attached hydrogen (secondary N) is 4. The first-order chi connectivity index (χ1) is 53.5. The van der Waals surface area contributed by atoms with Crippen molar-refractivity contribution in [3.05, 3.63) is 0 Å². The second-order valence-electron chi connectivity index (χ2n) is 28.8. The zero-order valence-electron chi connectivity index (χ0n) is 63.5. The number of rotatable bonds is 49. The molecule has 3 amide bonds. The van der Waals surface area contributed by atoms with Gasteiger partial charge in [0.1, 0.15) is 158 Å². The first kappa shape index (κ1) is 99.0. The molecular formula is C70H127N5O37. The Labute approximate surface area is 648 Å². The number of Topliss-reactive ketones (excluding diaryl/α,β-unsaturated/α-hetero) is 2. The van der Waals surface area contributed by atoms with Gasteiger partial charge >= 0.3 is 0 Å². The number of hydrazine groups is 1. The first-order valence-electron chi connectivity index (χ1n) is 38.8. The van der Waals surface area contributed by atoms with Crippen molar-refractivity contribution in [1.29, 1.82) is 0 Å². The average molecular weight is 1630 g/mol. The Bertz CT molecular complexity index is 2640. The lowest BCUT2D eigenvalue weighted by Gasteiger charge is -2.46. The minimum atomic E-state index is -1.89. The monoisotopic (exact) mass is 1630 g/mol. The van der Waals surface area contributed by atoms with Crippen LogP contribution in [0.1, 0.15) is 149 Å². The number of ether oxygens (including phenoxy) is 12. The van der Waals surface area contributed by atoms with Crippen molar-refractivity contribution in [2.24, 2.45) is 5.73 Å². The Morgan fingerprint density at radius 2 is 0.696 bits per heavy atom. The van der Waals surface area contributed by atoms with Crippen LogP contribution in [0.2, 0.25) is 0 Å². The molecule has 654 valence electrons. The van der Waals surface area contributed by atoms with Gasteiger partial charge in [-0.05, 0) is 65.3 Å². The van der Waals surface area contributed by atoms with Gasteiger partial charge in [0.25, 0.3) is 0 Å². The minimum Gasteiger partial charge on any atom is -0.394 e. The van der Waals surface area contributed by atoms with Gasteiger partial charge in [-0.15, -0.1) is 0 Å². The van der Waals surface area contributed by atoms with Crippen LogP contribution in [0.15, 0.2) is 0 Å². The van der Waals surface area contributed by atoms with E-state index >= 15 is 0 Å². The molecule has 6 rings (SSSR count). The number of carbonyl (C=O) groups excluding carboxylic acids is 5. The SMILES string of the molecule is CC(=O)[C@H](CCCCN)NNC(=O)CCCCCCCCC(=O)NCCO[C@H]1O[C@H](CO[C@H]2O[C@H](CO)[C@@H](O)[C@H](O)[C@@H]2O)[C@@H](O)[C@H](O[C@H]2O[C@H](CO)[C@@H](O)[C@H](O)[C@@H]2O)[C@@H]1O.CCNC(=O)CCCCCCCCC(=O)CCCO[C@H]1O[C@H](CO[C@H]2O[C@H](CO)[C@@H](O)[C@H](O)[C@@H]2O)[C@@H](O)[C@H](O[C@H]2O[C@H](CO)[C@@H](O)[C@H](O)[C@@H]2O)[C@@H]1O. The van der Waals surface area contributed by atoms with Gasteiger partial charge in [-0.25, -0.2) is 5.43 Å².